The number of carbonyl (C=O) groups excluding carboxylic acids is 1. The summed E-state index contributed by atoms with van der Waals surface area (Å²) in [7, 11) is -3.48. The number of rotatable bonds is 5. The molecule has 7 heteroatoms. The van der Waals surface area contributed by atoms with Crippen LogP contribution in [0.2, 0.25) is 0 Å². The summed E-state index contributed by atoms with van der Waals surface area (Å²) in [6.07, 6.45) is 1.68. The van der Waals surface area contributed by atoms with Gasteiger partial charge in [-0.1, -0.05) is 42.5 Å². The van der Waals surface area contributed by atoms with E-state index in [1.54, 1.807) is 66.9 Å². The van der Waals surface area contributed by atoms with Crippen molar-refractivity contribution < 1.29 is 13.2 Å². The fraction of sp³-hybridized carbons (Fsp3) is 0.0476. The van der Waals surface area contributed by atoms with E-state index < -0.39 is 9.84 Å². The number of benzene rings is 3. The highest BCUT2D eigenvalue weighted by atomic mass is 32.2. The molecule has 4 aromatic rings. The number of hydrogen-bond donors (Lipinski definition) is 2. The predicted octanol–water partition coefficient (Wildman–Crippen LogP) is 3.79. The van der Waals surface area contributed by atoms with Crippen LogP contribution in [-0.2, 0) is 15.6 Å². The maximum atomic E-state index is 12.7. The van der Waals surface area contributed by atoms with E-state index in [2.05, 4.69) is 15.5 Å². The molecule has 2 N–H and O–H groups in total. The summed E-state index contributed by atoms with van der Waals surface area (Å²) in [6.45, 7) is 0. The van der Waals surface area contributed by atoms with E-state index in [-0.39, 0.29) is 16.6 Å². The van der Waals surface area contributed by atoms with Gasteiger partial charge in [-0.25, -0.2) is 8.42 Å². The molecule has 1 aromatic heterocycles. The van der Waals surface area contributed by atoms with Gasteiger partial charge in [0.25, 0.3) is 5.91 Å². The summed E-state index contributed by atoms with van der Waals surface area (Å²) < 4.78 is 25.2. The average molecular weight is 391 g/mol. The Morgan fingerprint density at radius 3 is 2.57 bits per heavy atom. The third kappa shape index (κ3) is 3.65. The van der Waals surface area contributed by atoms with Crippen molar-refractivity contribution in [1.29, 1.82) is 0 Å². The van der Waals surface area contributed by atoms with Crippen LogP contribution in [0.25, 0.3) is 10.9 Å². The van der Waals surface area contributed by atoms with Crippen LogP contribution >= 0.6 is 0 Å². The van der Waals surface area contributed by atoms with Gasteiger partial charge in [0.1, 0.15) is 0 Å². The number of anilines is 1. The lowest BCUT2D eigenvalue weighted by atomic mass is 10.1. The number of para-hydroxylation sites is 1. The predicted molar refractivity (Wildman–Crippen MR) is 108 cm³/mol. The molecule has 1 amide bonds. The second kappa shape index (κ2) is 7.28. The van der Waals surface area contributed by atoms with Gasteiger partial charge in [0.15, 0.2) is 9.84 Å². The van der Waals surface area contributed by atoms with Gasteiger partial charge in [-0.15, -0.1) is 0 Å². The minimum atomic E-state index is -3.48. The van der Waals surface area contributed by atoms with E-state index in [1.807, 2.05) is 12.1 Å². The van der Waals surface area contributed by atoms with Crippen LogP contribution in [0.15, 0.2) is 83.9 Å². The van der Waals surface area contributed by atoms with Crippen molar-refractivity contribution in [1.82, 2.24) is 10.2 Å². The zero-order valence-corrected chi connectivity index (χ0v) is 15.6. The van der Waals surface area contributed by atoms with Crippen LogP contribution in [0.4, 0.5) is 5.69 Å². The second-order valence-corrected chi connectivity index (χ2v) is 8.36. The Bertz CT molecular complexity index is 1250. The van der Waals surface area contributed by atoms with Gasteiger partial charge < -0.3 is 5.32 Å². The number of carbonyl (C=O) groups is 1. The van der Waals surface area contributed by atoms with Gasteiger partial charge in [0, 0.05) is 10.9 Å². The van der Waals surface area contributed by atoms with Gasteiger partial charge in [0.2, 0.25) is 0 Å². The lowest BCUT2D eigenvalue weighted by molar-refractivity contribution is 0.102. The maximum absolute atomic E-state index is 12.7. The highest BCUT2D eigenvalue weighted by molar-refractivity contribution is 7.90. The minimum Gasteiger partial charge on any atom is -0.320 e. The Morgan fingerprint density at radius 2 is 1.75 bits per heavy atom. The first-order chi connectivity index (χ1) is 13.5. The summed E-state index contributed by atoms with van der Waals surface area (Å²) in [5, 5.41) is 10.6. The quantitative estimate of drug-likeness (QED) is 0.541. The molecule has 140 valence electrons. The molecule has 0 unspecified atom stereocenters. The van der Waals surface area contributed by atoms with Gasteiger partial charge in [0.05, 0.1) is 28.0 Å². The van der Waals surface area contributed by atoms with Crippen LogP contribution in [0.1, 0.15) is 15.9 Å². The van der Waals surface area contributed by atoms with Crippen LogP contribution in [0, 0.1) is 0 Å². The third-order valence-electron chi connectivity index (χ3n) is 4.37. The molecule has 1 heterocycles. The number of sulfone groups is 1. The standard InChI is InChI=1S/C21H17N3O3S/c25-21(23-19-11-5-8-17-13-22-24-20(17)19)16-7-4-6-15(12-16)14-28(26,27)18-9-2-1-3-10-18/h1-13H,14H2,(H,22,24)(H,23,25). The van der Waals surface area contributed by atoms with Crippen molar-refractivity contribution in [3.8, 4) is 0 Å². The maximum Gasteiger partial charge on any atom is 0.255 e. The van der Waals surface area contributed by atoms with E-state index in [0.29, 0.717) is 16.8 Å². The van der Waals surface area contributed by atoms with Gasteiger partial charge in [-0.3, -0.25) is 9.89 Å². The number of nitrogens with zero attached hydrogens (tertiary/aromatic N) is 1. The van der Waals surface area contributed by atoms with Gasteiger partial charge in [-0.05, 0) is 35.9 Å². The van der Waals surface area contributed by atoms with Crippen molar-refractivity contribution in [2.45, 2.75) is 10.6 Å². The molecule has 0 aliphatic heterocycles. The molecule has 0 saturated heterocycles. The molecule has 4 rings (SSSR count). The summed E-state index contributed by atoms with van der Waals surface area (Å²) in [6, 6.07) is 20.4. The van der Waals surface area contributed by atoms with Crippen molar-refractivity contribution in [3.63, 3.8) is 0 Å². The van der Waals surface area contributed by atoms with Crippen molar-refractivity contribution in [2.75, 3.05) is 5.32 Å². The number of fused-ring (bicyclic) bond motifs is 1. The number of amides is 1. The Balaban J connectivity index is 1.57. The van der Waals surface area contributed by atoms with Gasteiger partial charge >= 0.3 is 0 Å². The third-order valence-corrected chi connectivity index (χ3v) is 6.08. The van der Waals surface area contributed by atoms with Crippen LogP contribution < -0.4 is 5.32 Å². The number of hydrogen-bond acceptors (Lipinski definition) is 4. The molecule has 0 fully saturated rings. The first-order valence-electron chi connectivity index (χ1n) is 8.63. The van der Waals surface area contributed by atoms with E-state index in [1.165, 1.54) is 0 Å². The minimum absolute atomic E-state index is 0.172. The van der Waals surface area contributed by atoms with E-state index in [4.69, 9.17) is 0 Å². The fourth-order valence-electron chi connectivity index (χ4n) is 3.00. The smallest absolute Gasteiger partial charge is 0.255 e. The largest absolute Gasteiger partial charge is 0.320 e. The van der Waals surface area contributed by atoms with Crippen LogP contribution in [0.5, 0.6) is 0 Å². The molecule has 0 radical (unpaired) electrons. The normalized spacial score (nSPS) is 11.4. The summed E-state index contributed by atoms with van der Waals surface area (Å²) in [5.74, 6) is -0.491. The molecule has 0 spiro atoms. The molecule has 0 atom stereocenters. The topological polar surface area (TPSA) is 91.9 Å². The highest BCUT2D eigenvalue weighted by Crippen LogP contribution is 2.22. The van der Waals surface area contributed by atoms with Crippen molar-refractivity contribution in [3.05, 3.63) is 90.1 Å². The molecule has 6 nitrogen and oxygen atoms in total. The lowest BCUT2D eigenvalue weighted by Gasteiger charge is -2.09. The zero-order chi connectivity index (χ0) is 19.6. The van der Waals surface area contributed by atoms with Crippen molar-refractivity contribution >= 4 is 32.3 Å². The lowest BCUT2D eigenvalue weighted by Crippen LogP contribution is -2.13. The molecular formula is C21H17N3O3S. The Morgan fingerprint density at radius 1 is 0.964 bits per heavy atom. The van der Waals surface area contributed by atoms with Crippen molar-refractivity contribution in [2.24, 2.45) is 0 Å². The highest BCUT2D eigenvalue weighted by Gasteiger charge is 2.16. The number of aromatic nitrogens is 2. The van der Waals surface area contributed by atoms with Crippen LogP contribution in [0.3, 0.4) is 0 Å². The van der Waals surface area contributed by atoms with E-state index >= 15 is 0 Å². The van der Waals surface area contributed by atoms with E-state index in [9.17, 15) is 13.2 Å². The second-order valence-electron chi connectivity index (χ2n) is 6.37. The fourth-order valence-corrected chi connectivity index (χ4v) is 4.36. The molecular weight excluding hydrogens is 374 g/mol. The first kappa shape index (κ1) is 17.9. The number of aromatic amines is 1. The monoisotopic (exact) mass is 391 g/mol. The Hall–Kier alpha value is -3.45. The molecule has 0 aliphatic rings. The van der Waals surface area contributed by atoms with Gasteiger partial charge in [-0.2, -0.15) is 5.10 Å². The first-order valence-corrected chi connectivity index (χ1v) is 10.3. The summed E-state index contributed by atoms with van der Waals surface area (Å²) in [5.41, 5.74) is 2.29. The summed E-state index contributed by atoms with van der Waals surface area (Å²) in [4.78, 5) is 12.9. The molecule has 0 aliphatic carbocycles. The zero-order valence-electron chi connectivity index (χ0n) is 14.8. The van der Waals surface area contributed by atoms with Crippen LogP contribution in [-0.4, -0.2) is 24.5 Å². The number of H-pyrrole nitrogens is 1. The molecule has 0 saturated carbocycles. The SMILES string of the molecule is O=C(Nc1cccc2cn[nH]c12)c1cccc(CS(=O)(=O)c2ccccc2)c1. The molecule has 28 heavy (non-hydrogen) atoms. The summed E-state index contributed by atoms with van der Waals surface area (Å²) >= 11 is 0. The molecule has 0 bridgehead atoms. The Labute approximate surface area is 162 Å². The molecule has 3 aromatic carbocycles. The number of nitrogens with one attached hydrogen (secondary N) is 2. The Kier molecular flexibility index (Phi) is 4.67. The van der Waals surface area contributed by atoms with E-state index in [0.717, 1.165) is 10.9 Å². The average Bonchev–Trinajstić information content (AvgIpc) is 3.18.